The van der Waals surface area contributed by atoms with Crippen LogP contribution in [0.15, 0.2) is 0 Å². The molecule has 0 atom stereocenters. The lowest BCUT2D eigenvalue weighted by atomic mass is 9.85. The van der Waals surface area contributed by atoms with Crippen LogP contribution in [0.5, 0.6) is 0 Å². The fourth-order valence-corrected chi connectivity index (χ4v) is 2.36. The first-order chi connectivity index (χ1) is 7.38. The number of hydrogen-bond acceptors (Lipinski definition) is 2. The van der Waals surface area contributed by atoms with E-state index in [2.05, 4.69) is 6.92 Å². The Morgan fingerprint density at radius 2 is 1.81 bits per heavy atom. The molecular formula is C13H26N2O. The first kappa shape index (κ1) is 13.5. The molecule has 3 nitrogen and oxygen atoms in total. The average Bonchev–Trinajstić information content (AvgIpc) is 2.28. The Labute approximate surface area is 99.4 Å². The molecule has 94 valence electrons. The minimum atomic E-state index is -0.419. The summed E-state index contributed by atoms with van der Waals surface area (Å²) >= 11 is 0. The molecule has 1 rings (SSSR count). The van der Waals surface area contributed by atoms with Gasteiger partial charge in [0, 0.05) is 19.6 Å². The smallest absolute Gasteiger partial charge is 0.229 e. The van der Waals surface area contributed by atoms with Gasteiger partial charge in [0.05, 0.1) is 5.41 Å². The van der Waals surface area contributed by atoms with E-state index in [1.54, 1.807) is 0 Å². The van der Waals surface area contributed by atoms with Crippen LogP contribution in [-0.2, 0) is 4.79 Å². The minimum absolute atomic E-state index is 0.189. The summed E-state index contributed by atoms with van der Waals surface area (Å²) in [6, 6.07) is 0.425. The number of carbonyl (C=O) groups excluding carboxylic acids is 1. The Morgan fingerprint density at radius 3 is 2.25 bits per heavy atom. The first-order valence-electron chi connectivity index (χ1n) is 6.36. The lowest BCUT2D eigenvalue weighted by Gasteiger charge is -2.37. The van der Waals surface area contributed by atoms with Crippen molar-refractivity contribution < 1.29 is 4.79 Å². The van der Waals surface area contributed by atoms with Crippen molar-refractivity contribution in [1.29, 1.82) is 0 Å². The summed E-state index contributed by atoms with van der Waals surface area (Å²) in [7, 11) is 1.93. The SMILES string of the molecule is CC1CCC(N(C)C(=O)C(C)(C)CN)CC1. The van der Waals surface area contributed by atoms with Gasteiger partial charge in [0.1, 0.15) is 0 Å². The van der Waals surface area contributed by atoms with Gasteiger partial charge in [0.25, 0.3) is 0 Å². The predicted molar refractivity (Wildman–Crippen MR) is 67.0 cm³/mol. The normalized spacial score (nSPS) is 26.6. The molecule has 0 aromatic rings. The Morgan fingerprint density at radius 1 is 1.31 bits per heavy atom. The van der Waals surface area contributed by atoms with Crippen LogP contribution in [0.25, 0.3) is 0 Å². The second-order valence-electron chi connectivity index (χ2n) is 5.92. The molecule has 0 aliphatic heterocycles. The molecule has 0 heterocycles. The summed E-state index contributed by atoms with van der Waals surface area (Å²) < 4.78 is 0. The van der Waals surface area contributed by atoms with E-state index in [0.717, 1.165) is 18.8 Å². The largest absolute Gasteiger partial charge is 0.342 e. The first-order valence-corrected chi connectivity index (χ1v) is 6.36. The van der Waals surface area contributed by atoms with Gasteiger partial charge in [-0.25, -0.2) is 0 Å². The van der Waals surface area contributed by atoms with Gasteiger partial charge in [-0.3, -0.25) is 4.79 Å². The standard InChI is InChI=1S/C13H26N2O/c1-10-5-7-11(8-6-10)15(4)12(16)13(2,3)9-14/h10-11H,5-9,14H2,1-4H3. The molecule has 0 radical (unpaired) electrons. The van der Waals surface area contributed by atoms with Gasteiger partial charge in [-0.1, -0.05) is 6.92 Å². The highest BCUT2D eigenvalue weighted by atomic mass is 16.2. The number of amides is 1. The summed E-state index contributed by atoms with van der Waals surface area (Å²) in [5.74, 6) is 1.01. The van der Waals surface area contributed by atoms with E-state index in [1.165, 1.54) is 12.8 Å². The molecule has 1 saturated carbocycles. The Balaban J connectivity index is 2.57. The number of rotatable bonds is 3. The lowest BCUT2D eigenvalue weighted by molar-refractivity contribution is -0.141. The number of hydrogen-bond donors (Lipinski definition) is 1. The van der Waals surface area contributed by atoms with Gasteiger partial charge >= 0.3 is 0 Å². The van der Waals surface area contributed by atoms with E-state index >= 15 is 0 Å². The maximum absolute atomic E-state index is 12.2. The van der Waals surface area contributed by atoms with E-state index in [1.807, 2.05) is 25.8 Å². The van der Waals surface area contributed by atoms with E-state index in [0.29, 0.717) is 12.6 Å². The summed E-state index contributed by atoms with van der Waals surface area (Å²) in [4.78, 5) is 14.2. The molecule has 3 heteroatoms. The third-order valence-electron chi connectivity index (χ3n) is 3.94. The molecule has 1 amide bonds. The van der Waals surface area contributed by atoms with Crippen LogP contribution in [0.1, 0.15) is 46.5 Å². The third kappa shape index (κ3) is 2.97. The zero-order valence-electron chi connectivity index (χ0n) is 11.1. The molecule has 0 aromatic carbocycles. The van der Waals surface area contributed by atoms with Crippen LogP contribution in [0.4, 0.5) is 0 Å². The summed E-state index contributed by atoms with van der Waals surface area (Å²) in [6.07, 6.45) is 4.77. The molecule has 0 saturated heterocycles. The lowest BCUT2D eigenvalue weighted by Crippen LogP contribution is -2.48. The highest BCUT2D eigenvalue weighted by molar-refractivity contribution is 5.82. The highest BCUT2D eigenvalue weighted by Crippen LogP contribution is 2.28. The third-order valence-corrected chi connectivity index (χ3v) is 3.94. The molecule has 1 aliphatic carbocycles. The van der Waals surface area contributed by atoms with Crippen LogP contribution in [0, 0.1) is 11.3 Å². The molecule has 0 bridgehead atoms. The summed E-state index contributed by atoms with van der Waals surface area (Å²) in [5, 5.41) is 0. The van der Waals surface area contributed by atoms with E-state index < -0.39 is 5.41 Å². The fraction of sp³-hybridized carbons (Fsp3) is 0.923. The second-order valence-corrected chi connectivity index (χ2v) is 5.92. The van der Waals surface area contributed by atoms with Gasteiger partial charge in [-0.15, -0.1) is 0 Å². The summed E-state index contributed by atoms with van der Waals surface area (Å²) in [6.45, 7) is 6.57. The molecule has 16 heavy (non-hydrogen) atoms. The van der Waals surface area contributed by atoms with Gasteiger partial charge < -0.3 is 10.6 Å². The van der Waals surface area contributed by atoms with Crippen molar-refractivity contribution in [2.45, 2.75) is 52.5 Å². The zero-order valence-corrected chi connectivity index (χ0v) is 11.1. The molecule has 0 spiro atoms. The van der Waals surface area contributed by atoms with E-state index in [-0.39, 0.29) is 5.91 Å². The van der Waals surface area contributed by atoms with Crippen LogP contribution in [0.3, 0.4) is 0 Å². The van der Waals surface area contributed by atoms with Gasteiger partial charge in [0.2, 0.25) is 5.91 Å². The van der Waals surface area contributed by atoms with Crippen molar-refractivity contribution in [1.82, 2.24) is 4.90 Å². The minimum Gasteiger partial charge on any atom is -0.342 e. The van der Waals surface area contributed by atoms with Crippen LogP contribution < -0.4 is 5.73 Å². The predicted octanol–water partition coefficient (Wildman–Crippen LogP) is 2.01. The van der Waals surface area contributed by atoms with Crippen LogP contribution in [-0.4, -0.2) is 30.4 Å². The van der Waals surface area contributed by atoms with Crippen molar-refractivity contribution in [3.63, 3.8) is 0 Å². The zero-order chi connectivity index (χ0) is 12.3. The van der Waals surface area contributed by atoms with Crippen LogP contribution in [0.2, 0.25) is 0 Å². The number of carbonyl (C=O) groups is 1. The van der Waals surface area contributed by atoms with Crippen molar-refractivity contribution in [2.75, 3.05) is 13.6 Å². The summed E-state index contributed by atoms with van der Waals surface area (Å²) in [5.41, 5.74) is 5.23. The maximum atomic E-state index is 12.2. The Kier molecular flexibility index (Phi) is 4.36. The Hall–Kier alpha value is -0.570. The quantitative estimate of drug-likeness (QED) is 0.800. The average molecular weight is 226 g/mol. The molecular weight excluding hydrogens is 200 g/mol. The molecule has 0 unspecified atom stereocenters. The topological polar surface area (TPSA) is 46.3 Å². The molecule has 2 N–H and O–H groups in total. The number of nitrogens with two attached hydrogens (primary N) is 1. The van der Waals surface area contributed by atoms with Gasteiger partial charge in [-0.2, -0.15) is 0 Å². The monoisotopic (exact) mass is 226 g/mol. The maximum Gasteiger partial charge on any atom is 0.229 e. The van der Waals surface area contributed by atoms with E-state index in [9.17, 15) is 4.79 Å². The van der Waals surface area contributed by atoms with Crippen molar-refractivity contribution >= 4 is 5.91 Å². The Bertz CT molecular complexity index is 242. The van der Waals surface area contributed by atoms with E-state index in [4.69, 9.17) is 5.73 Å². The molecule has 1 aliphatic rings. The van der Waals surface area contributed by atoms with Gasteiger partial charge in [-0.05, 0) is 45.4 Å². The second kappa shape index (κ2) is 5.17. The van der Waals surface area contributed by atoms with Crippen molar-refractivity contribution in [3.8, 4) is 0 Å². The van der Waals surface area contributed by atoms with Gasteiger partial charge in [0.15, 0.2) is 0 Å². The van der Waals surface area contributed by atoms with Crippen LogP contribution >= 0.6 is 0 Å². The van der Waals surface area contributed by atoms with Crippen molar-refractivity contribution in [3.05, 3.63) is 0 Å². The molecule has 1 fully saturated rings. The number of nitrogens with zero attached hydrogens (tertiary/aromatic N) is 1. The molecule has 0 aromatic heterocycles. The fourth-order valence-electron chi connectivity index (χ4n) is 2.36. The van der Waals surface area contributed by atoms with Crippen molar-refractivity contribution in [2.24, 2.45) is 17.1 Å². The highest BCUT2D eigenvalue weighted by Gasteiger charge is 2.33.